The summed E-state index contributed by atoms with van der Waals surface area (Å²) in [6, 6.07) is 0. The highest BCUT2D eigenvalue weighted by Crippen LogP contribution is 2.17. The van der Waals surface area contributed by atoms with Gasteiger partial charge in [-0.2, -0.15) is 0 Å². The van der Waals surface area contributed by atoms with Gasteiger partial charge in [0.25, 0.3) is 5.91 Å². The summed E-state index contributed by atoms with van der Waals surface area (Å²) in [5.74, 6) is 0.455. The average Bonchev–Trinajstić information content (AvgIpc) is 2.85. The number of aromatic amines is 1. The minimum atomic E-state index is -0.449. The SMILES string of the molecule is CCOC(CNC(=O)c1n[nH]c(C(C)(C)C)n1)OCC. The van der Waals surface area contributed by atoms with E-state index in [2.05, 4.69) is 20.5 Å². The van der Waals surface area contributed by atoms with Crippen LogP contribution in [-0.4, -0.2) is 47.1 Å². The summed E-state index contributed by atoms with van der Waals surface area (Å²) in [5, 5.41) is 9.40. The van der Waals surface area contributed by atoms with Crippen molar-refractivity contribution >= 4 is 5.91 Å². The van der Waals surface area contributed by atoms with Gasteiger partial charge in [-0.15, -0.1) is 5.10 Å². The number of amides is 1. The number of ether oxygens (including phenoxy) is 2. The number of hydrogen-bond donors (Lipinski definition) is 2. The third-order valence-corrected chi connectivity index (χ3v) is 2.53. The molecule has 7 nitrogen and oxygen atoms in total. The number of H-pyrrole nitrogens is 1. The minimum absolute atomic E-state index is 0.127. The van der Waals surface area contributed by atoms with Gasteiger partial charge in [-0.1, -0.05) is 20.8 Å². The second-order valence-electron chi connectivity index (χ2n) is 5.31. The summed E-state index contributed by atoms with van der Waals surface area (Å²) >= 11 is 0. The molecule has 1 aromatic rings. The van der Waals surface area contributed by atoms with Crippen LogP contribution in [0.3, 0.4) is 0 Å². The van der Waals surface area contributed by atoms with E-state index in [1.807, 2.05) is 34.6 Å². The molecule has 0 aliphatic heterocycles. The predicted molar refractivity (Wildman–Crippen MR) is 74.5 cm³/mol. The average molecular weight is 284 g/mol. The van der Waals surface area contributed by atoms with E-state index in [0.29, 0.717) is 19.0 Å². The Labute approximate surface area is 119 Å². The second kappa shape index (κ2) is 7.35. The number of aromatic nitrogens is 3. The van der Waals surface area contributed by atoms with Crippen molar-refractivity contribution in [1.29, 1.82) is 0 Å². The molecule has 114 valence electrons. The van der Waals surface area contributed by atoms with Gasteiger partial charge in [-0.25, -0.2) is 4.98 Å². The van der Waals surface area contributed by atoms with Gasteiger partial charge >= 0.3 is 0 Å². The van der Waals surface area contributed by atoms with Crippen LogP contribution in [0.15, 0.2) is 0 Å². The Balaban J connectivity index is 2.56. The van der Waals surface area contributed by atoms with Gasteiger partial charge in [0.2, 0.25) is 5.82 Å². The molecule has 20 heavy (non-hydrogen) atoms. The second-order valence-corrected chi connectivity index (χ2v) is 5.31. The molecular weight excluding hydrogens is 260 g/mol. The van der Waals surface area contributed by atoms with Crippen molar-refractivity contribution in [1.82, 2.24) is 20.5 Å². The lowest BCUT2D eigenvalue weighted by Crippen LogP contribution is -2.36. The normalized spacial score (nSPS) is 11.9. The molecule has 0 fully saturated rings. The maximum Gasteiger partial charge on any atom is 0.291 e. The third kappa shape index (κ3) is 4.90. The monoisotopic (exact) mass is 284 g/mol. The quantitative estimate of drug-likeness (QED) is 0.735. The van der Waals surface area contributed by atoms with Crippen LogP contribution in [0.2, 0.25) is 0 Å². The molecule has 1 amide bonds. The lowest BCUT2D eigenvalue weighted by Gasteiger charge is -2.16. The summed E-state index contributed by atoms with van der Waals surface area (Å²) in [5.41, 5.74) is -0.176. The van der Waals surface area contributed by atoms with Crippen LogP contribution < -0.4 is 5.32 Å². The van der Waals surface area contributed by atoms with Gasteiger partial charge < -0.3 is 14.8 Å². The van der Waals surface area contributed by atoms with E-state index in [9.17, 15) is 4.79 Å². The van der Waals surface area contributed by atoms with Gasteiger partial charge in [0.05, 0.1) is 6.54 Å². The van der Waals surface area contributed by atoms with Crippen LogP contribution in [0.1, 0.15) is 51.1 Å². The minimum Gasteiger partial charge on any atom is -0.351 e. The van der Waals surface area contributed by atoms with Crippen LogP contribution in [0, 0.1) is 0 Å². The molecule has 0 bridgehead atoms. The Morgan fingerprint density at radius 3 is 2.35 bits per heavy atom. The summed E-state index contributed by atoms with van der Waals surface area (Å²) in [6.45, 7) is 11.0. The van der Waals surface area contributed by atoms with Crippen molar-refractivity contribution in [3.05, 3.63) is 11.6 Å². The summed E-state index contributed by atoms with van der Waals surface area (Å²) < 4.78 is 10.7. The van der Waals surface area contributed by atoms with Crippen LogP contribution in [0.25, 0.3) is 0 Å². The molecule has 1 heterocycles. The van der Waals surface area contributed by atoms with Crippen LogP contribution in [0.4, 0.5) is 0 Å². The van der Waals surface area contributed by atoms with E-state index in [4.69, 9.17) is 9.47 Å². The number of rotatable bonds is 7. The van der Waals surface area contributed by atoms with Gasteiger partial charge in [0.15, 0.2) is 6.29 Å². The molecule has 0 atom stereocenters. The van der Waals surface area contributed by atoms with Gasteiger partial charge in [-0.3, -0.25) is 9.89 Å². The molecule has 7 heteroatoms. The van der Waals surface area contributed by atoms with Crippen molar-refractivity contribution in [2.24, 2.45) is 0 Å². The number of hydrogen-bond acceptors (Lipinski definition) is 5. The standard InChI is InChI=1S/C13H24N4O3/c1-6-19-9(20-7-2)8-14-11(18)10-15-12(17-16-10)13(3,4)5/h9H,6-8H2,1-5H3,(H,14,18)(H,15,16,17). The van der Waals surface area contributed by atoms with Gasteiger partial charge in [0.1, 0.15) is 5.82 Å². The van der Waals surface area contributed by atoms with Crippen molar-refractivity contribution in [2.75, 3.05) is 19.8 Å². The Bertz CT molecular complexity index is 419. The molecule has 0 saturated carbocycles. The van der Waals surface area contributed by atoms with Crippen LogP contribution in [0.5, 0.6) is 0 Å². The molecule has 0 spiro atoms. The Morgan fingerprint density at radius 1 is 1.30 bits per heavy atom. The molecule has 0 unspecified atom stereocenters. The summed E-state index contributed by atoms with van der Waals surface area (Å²) in [7, 11) is 0. The predicted octanol–water partition coefficient (Wildman–Crippen LogP) is 1.23. The van der Waals surface area contributed by atoms with Gasteiger partial charge in [-0.05, 0) is 13.8 Å². The fourth-order valence-corrected chi connectivity index (χ4v) is 1.49. The molecule has 2 N–H and O–H groups in total. The zero-order valence-corrected chi connectivity index (χ0v) is 12.8. The highest BCUT2D eigenvalue weighted by Gasteiger charge is 2.21. The smallest absolute Gasteiger partial charge is 0.291 e. The topological polar surface area (TPSA) is 89.1 Å². The molecule has 0 radical (unpaired) electrons. The lowest BCUT2D eigenvalue weighted by molar-refractivity contribution is -0.131. The first-order valence-electron chi connectivity index (χ1n) is 6.82. The first-order valence-corrected chi connectivity index (χ1v) is 6.82. The number of nitrogens with zero attached hydrogens (tertiary/aromatic N) is 2. The lowest BCUT2D eigenvalue weighted by atomic mass is 9.96. The van der Waals surface area contributed by atoms with E-state index < -0.39 is 6.29 Å². The molecule has 0 saturated heterocycles. The van der Waals surface area contributed by atoms with Crippen molar-refractivity contribution < 1.29 is 14.3 Å². The Hall–Kier alpha value is -1.47. The van der Waals surface area contributed by atoms with E-state index >= 15 is 0 Å². The maximum atomic E-state index is 11.9. The fraction of sp³-hybridized carbons (Fsp3) is 0.769. The zero-order chi connectivity index (χ0) is 15.2. The van der Waals surface area contributed by atoms with Crippen molar-refractivity contribution in [2.45, 2.75) is 46.3 Å². The van der Waals surface area contributed by atoms with Crippen molar-refractivity contribution in [3.63, 3.8) is 0 Å². The molecule has 0 aliphatic rings. The van der Waals surface area contributed by atoms with E-state index in [1.165, 1.54) is 0 Å². The fourth-order valence-electron chi connectivity index (χ4n) is 1.49. The molecule has 1 rings (SSSR count). The number of nitrogens with one attached hydrogen (secondary N) is 2. The maximum absolute atomic E-state index is 11.9. The number of carbonyl (C=O) groups excluding carboxylic acids is 1. The van der Waals surface area contributed by atoms with E-state index in [1.54, 1.807) is 0 Å². The Morgan fingerprint density at radius 2 is 1.90 bits per heavy atom. The first kappa shape index (κ1) is 16.6. The number of carbonyl (C=O) groups is 1. The van der Waals surface area contributed by atoms with Crippen LogP contribution >= 0.6 is 0 Å². The molecule has 0 aliphatic carbocycles. The molecule has 1 aromatic heterocycles. The van der Waals surface area contributed by atoms with E-state index in [0.717, 1.165) is 0 Å². The van der Waals surface area contributed by atoms with Crippen LogP contribution in [-0.2, 0) is 14.9 Å². The molecular formula is C13H24N4O3. The summed E-state index contributed by atoms with van der Waals surface area (Å²) in [4.78, 5) is 16.1. The largest absolute Gasteiger partial charge is 0.351 e. The summed E-state index contributed by atoms with van der Waals surface area (Å²) in [6.07, 6.45) is -0.449. The highest BCUT2D eigenvalue weighted by molar-refractivity contribution is 5.90. The van der Waals surface area contributed by atoms with Crippen molar-refractivity contribution in [3.8, 4) is 0 Å². The van der Waals surface area contributed by atoms with Gasteiger partial charge in [0, 0.05) is 18.6 Å². The van der Waals surface area contributed by atoms with E-state index in [-0.39, 0.29) is 23.7 Å². The first-order chi connectivity index (χ1) is 9.38. The zero-order valence-electron chi connectivity index (χ0n) is 12.8. The third-order valence-electron chi connectivity index (χ3n) is 2.53. The highest BCUT2D eigenvalue weighted by atomic mass is 16.7. The Kier molecular flexibility index (Phi) is 6.09. The molecule has 0 aromatic carbocycles.